The minimum atomic E-state index is -5.08. The summed E-state index contributed by atoms with van der Waals surface area (Å²) in [4.78, 5) is 26.0. The van der Waals surface area contributed by atoms with E-state index < -0.39 is 22.2 Å². The van der Waals surface area contributed by atoms with Gasteiger partial charge in [0.15, 0.2) is 0 Å². The molecule has 2 aliphatic rings. The number of carboxylic acid groups (broad SMARTS) is 1. The number of nitrogens with one attached hydrogen (secondary N) is 2. The Morgan fingerprint density at radius 1 is 1.11 bits per heavy atom. The van der Waals surface area contributed by atoms with Gasteiger partial charge in [-0.1, -0.05) is 13.0 Å². The molecule has 2 saturated heterocycles. The number of amides is 1. The van der Waals surface area contributed by atoms with E-state index in [9.17, 15) is 26.4 Å². The fourth-order valence-corrected chi connectivity index (χ4v) is 6.00. The highest BCUT2D eigenvalue weighted by molar-refractivity contribution is 7.94. The number of likely N-dealkylation sites (tertiary alicyclic amines) is 1. The summed E-state index contributed by atoms with van der Waals surface area (Å²) < 4.78 is 60.5. The molecule has 2 aromatic rings. The highest BCUT2D eigenvalue weighted by Gasteiger charge is 2.38. The number of carbonyl (C=O) groups is 2. The van der Waals surface area contributed by atoms with Gasteiger partial charge in [-0.2, -0.15) is 13.2 Å². The molecule has 1 aromatic carbocycles. The molecular weight excluding hydrogens is 533 g/mol. The van der Waals surface area contributed by atoms with Crippen molar-refractivity contribution in [3.05, 3.63) is 41.3 Å². The van der Waals surface area contributed by atoms with Gasteiger partial charge in [-0.05, 0) is 48.4 Å². The van der Waals surface area contributed by atoms with E-state index in [1.165, 1.54) is 11.3 Å². The van der Waals surface area contributed by atoms with Gasteiger partial charge >= 0.3 is 12.1 Å². The Kier molecular flexibility index (Phi) is 9.42. The van der Waals surface area contributed by atoms with Gasteiger partial charge in [0.2, 0.25) is 0 Å². The number of piperazine rings is 1. The zero-order chi connectivity index (χ0) is 27.2. The topological polar surface area (TPSA) is 119 Å². The fraction of sp³-hybridized carbons (Fsp3) is 0.478. The standard InChI is InChI=1S/C21H28N4O3S2.C2HF3O2/c1-16-6-10-25(11-7-16)21(26)17-4-5-19(24-12-8-22-9-13-24)18(15-17)23-30(27,28)20-3-2-14-29-20;3-2(4,5)1(6)7/h2-5,14-16,22-23H,6-13H2,1H3;(H,6,7). The summed E-state index contributed by atoms with van der Waals surface area (Å²) in [6, 6.07) is 8.69. The van der Waals surface area contributed by atoms with Gasteiger partial charge in [0.05, 0.1) is 11.4 Å². The molecule has 1 amide bonds. The van der Waals surface area contributed by atoms with Gasteiger partial charge in [-0.15, -0.1) is 11.3 Å². The van der Waals surface area contributed by atoms with E-state index in [2.05, 4.69) is 21.9 Å². The Bertz CT molecular complexity index is 1180. The summed E-state index contributed by atoms with van der Waals surface area (Å²) in [5.41, 5.74) is 1.79. The number of halogens is 3. The van der Waals surface area contributed by atoms with Crippen LogP contribution in [0.15, 0.2) is 39.9 Å². The van der Waals surface area contributed by atoms with E-state index in [1.54, 1.807) is 23.6 Å². The van der Waals surface area contributed by atoms with E-state index in [1.807, 2.05) is 17.0 Å². The number of anilines is 2. The lowest BCUT2D eigenvalue weighted by atomic mass is 9.98. The van der Waals surface area contributed by atoms with Crippen LogP contribution in [0.4, 0.5) is 24.5 Å². The minimum Gasteiger partial charge on any atom is -0.475 e. The second kappa shape index (κ2) is 12.1. The molecule has 4 rings (SSSR count). The number of piperidine rings is 1. The number of carbonyl (C=O) groups excluding carboxylic acids is 1. The Labute approximate surface area is 217 Å². The molecule has 3 N–H and O–H groups in total. The number of hydrogen-bond acceptors (Lipinski definition) is 7. The number of nitrogens with zero attached hydrogens (tertiary/aromatic N) is 2. The van der Waals surface area contributed by atoms with Crippen LogP contribution in [0.3, 0.4) is 0 Å². The van der Waals surface area contributed by atoms with Crippen LogP contribution >= 0.6 is 11.3 Å². The van der Waals surface area contributed by atoms with E-state index in [-0.39, 0.29) is 10.1 Å². The lowest BCUT2D eigenvalue weighted by Gasteiger charge is -2.32. The average molecular weight is 563 g/mol. The third-order valence-corrected chi connectivity index (χ3v) is 8.78. The van der Waals surface area contributed by atoms with Crippen LogP contribution < -0.4 is 14.9 Å². The number of sulfonamides is 1. The molecule has 2 fully saturated rings. The van der Waals surface area contributed by atoms with Crippen LogP contribution in [0.1, 0.15) is 30.1 Å². The van der Waals surface area contributed by atoms with Gasteiger partial charge in [0.1, 0.15) is 4.21 Å². The van der Waals surface area contributed by atoms with Crippen molar-refractivity contribution in [2.75, 3.05) is 48.9 Å². The predicted octanol–water partition coefficient (Wildman–Crippen LogP) is 3.46. The monoisotopic (exact) mass is 562 g/mol. The third-order valence-electron chi connectivity index (χ3n) is 6.02. The molecule has 0 atom stereocenters. The molecule has 0 saturated carbocycles. The molecule has 2 aliphatic heterocycles. The van der Waals surface area contributed by atoms with Crippen molar-refractivity contribution in [2.45, 2.75) is 30.2 Å². The molecule has 37 heavy (non-hydrogen) atoms. The average Bonchev–Trinajstić information content (AvgIpc) is 3.41. The molecule has 0 unspecified atom stereocenters. The summed E-state index contributed by atoms with van der Waals surface area (Å²) >= 11 is 1.17. The van der Waals surface area contributed by atoms with Crippen molar-refractivity contribution in [1.29, 1.82) is 0 Å². The van der Waals surface area contributed by atoms with Crippen molar-refractivity contribution in [3.8, 4) is 0 Å². The maximum atomic E-state index is 13.1. The molecule has 0 aliphatic carbocycles. The Morgan fingerprint density at radius 3 is 2.27 bits per heavy atom. The molecule has 0 spiro atoms. The number of benzene rings is 1. The molecule has 9 nitrogen and oxygen atoms in total. The largest absolute Gasteiger partial charge is 0.490 e. The molecule has 204 valence electrons. The van der Waals surface area contributed by atoms with Gasteiger partial charge in [0.25, 0.3) is 15.9 Å². The molecular formula is C23H29F3N4O5S2. The van der Waals surface area contributed by atoms with Crippen molar-refractivity contribution < 1.29 is 36.3 Å². The maximum Gasteiger partial charge on any atom is 0.490 e. The third kappa shape index (κ3) is 7.82. The van der Waals surface area contributed by atoms with Crippen molar-refractivity contribution in [2.24, 2.45) is 5.92 Å². The van der Waals surface area contributed by atoms with Crippen LogP contribution in [0, 0.1) is 5.92 Å². The van der Waals surface area contributed by atoms with Crippen molar-refractivity contribution in [3.63, 3.8) is 0 Å². The molecule has 0 radical (unpaired) electrons. The van der Waals surface area contributed by atoms with Gasteiger partial charge in [-0.3, -0.25) is 9.52 Å². The first-order chi connectivity index (χ1) is 17.4. The quantitative estimate of drug-likeness (QED) is 0.511. The zero-order valence-electron chi connectivity index (χ0n) is 20.1. The highest BCUT2D eigenvalue weighted by Crippen LogP contribution is 2.31. The SMILES string of the molecule is CC1CCN(C(=O)c2ccc(N3CCNCC3)c(NS(=O)(=O)c3cccs3)c2)CC1.O=C(O)C(F)(F)F. The lowest BCUT2D eigenvalue weighted by molar-refractivity contribution is -0.192. The number of thiophene rings is 1. The molecule has 1 aromatic heterocycles. The summed E-state index contributed by atoms with van der Waals surface area (Å²) in [6.07, 6.45) is -3.08. The summed E-state index contributed by atoms with van der Waals surface area (Å²) in [7, 11) is -3.70. The summed E-state index contributed by atoms with van der Waals surface area (Å²) in [5, 5.41) is 12.2. The number of alkyl halides is 3. The van der Waals surface area contributed by atoms with Crippen LogP contribution in [0.2, 0.25) is 0 Å². The number of rotatable bonds is 5. The first-order valence-electron chi connectivity index (χ1n) is 11.6. The van der Waals surface area contributed by atoms with Gasteiger partial charge in [-0.25, -0.2) is 13.2 Å². The smallest absolute Gasteiger partial charge is 0.475 e. The first kappa shape index (κ1) is 28.7. The minimum absolute atomic E-state index is 0.0367. The van der Waals surface area contributed by atoms with Crippen LogP contribution in [-0.4, -0.2) is 75.7 Å². The van der Waals surface area contributed by atoms with E-state index in [0.717, 1.165) is 57.8 Å². The second-order valence-electron chi connectivity index (χ2n) is 8.78. The van der Waals surface area contributed by atoms with Crippen molar-refractivity contribution >= 4 is 44.6 Å². The lowest BCUT2D eigenvalue weighted by Crippen LogP contribution is -2.44. The Balaban J connectivity index is 0.000000479. The fourth-order valence-electron chi connectivity index (χ4n) is 3.94. The van der Waals surface area contributed by atoms with E-state index in [4.69, 9.17) is 9.90 Å². The van der Waals surface area contributed by atoms with Gasteiger partial charge < -0.3 is 20.2 Å². The summed E-state index contributed by atoms with van der Waals surface area (Å²) in [6.45, 7) is 6.94. The first-order valence-corrected chi connectivity index (χ1v) is 14.0. The number of aliphatic carboxylic acids is 1. The van der Waals surface area contributed by atoms with E-state index in [0.29, 0.717) is 17.2 Å². The number of carboxylic acids is 1. The van der Waals surface area contributed by atoms with Crippen molar-refractivity contribution in [1.82, 2.24) is 10.2 Å². The highest BCUT2D eigenvalue weighted by atomic mass is 32.2. The van der Waals surface area contributed by atoms with Crippen LogP contribution in [-0.2, 0) is 14.8 Å². The molecule has 0 bridgehead atoms. The number of hydrogen-bond donors (Lipinski definition) is 3. The predicted molar refractivity (Wildman–Crippen MR) is 135 cm³/mol. The van der Waals surface area contributed by atoms with Gasteiger partial charge in [0, 0.05) is 44.8 Å². The normalized spacial score (nSPS) is 17.1. The Hall–Kier alpha value is -2.84. The zero-order valence-corrected chi connectivity index (χ0v) is 21.8. The second-order valence-corrected chi connectivity index (χ2v) is 11.6. The van der Waals surface area contributed by atoms with Crippen LogP contribution in [0.5, 0.6) is 0 Å². The molecule has 14 heteroatoms. The Morgan fingerprint density at radius 2 is 1.73 bits per heavy atom. The molecule has 3 heterocycles. The van der Waals surface area contributed by atoms with E-state index >= 15 is 0 Å². The summed E-state index contributed by atoms with van der Waals surface area (Å²) in [5.74, 6) is -2.16. The van der Waals surface area contributed by atoms with Crippen LogP contribution in [0.25, 0.3) is 0 Å². The maximum absolute atomic E-state index is 13.1.